The molecule has 0 bridgehead atoms. The summed E-state index contributed by atoms with van der Waals surface area (Å²) < 4.78 is 2.32. The quantitative estimate of drug-likeness (QED) is 0.488. The molecule has 0 spiro atoms. The number of thioether (sulfide) groups is 1. The van der Waals surface area contributed by atoms with E-state index in [1.165, 1.54) is 11.8 Å². The van der Waals surface area contributed by atoms with Crippen molar-refractivity contribution in [2.75, 3.05) is 37.6 Å². The second kappa shape index (κ2) is 9.24. The van der Waals surface area contributed by atoms with E-state index < -0.39 is 0 Å². The molecule has 8 heteroatoms. The summed E-state index contributed by atoms with van der Waals surface area (Å²) in [5.41, 5.74) is 2.36. The molecule has 0 atom stereocenters. The van der Waals surface area contributed by atoms with E-state index in [9.17, 15) is 9.59 Å². The predicted molar refractivity (Wildman–Crippen MR) is 141 cm³/mol. The number of piperazine rings is 1. The lowest BCUT2D eigenvalue weighted by molar-refractivity contribution is -0.123. The Morgan fingerprint density at radius 3 is 2.48 bits per heavy atom. The van der Waals surface area contributed by atoms with Crippen molar-refractivity contribution in [2.24, 2.45) is 7.05 Å². The number of pyridine rings is 1. The minimum absolute atomic E-state index is 0.0473. The maximum atomic E-state index is 13.6. The number of carbonyl (C=O) groups is 1. The number of hydrogen-bond donors (Lipinski definition) is 0. The first kappa shape index (κ1) is 22.6. The first-order chi connectivity index (χ1) is 16.0. The average molecular weight is 483 g/mol. The van der Waals surface area contributed by atoms with Gasteiger partial charge in [-0.2, -0.15) is 0 Å². The molecule has 3 heterocycles. The molecular formula is C25H30N4O2S2. The van der Waals surface area contributed by atoms with E-state index in [4.69, 9.17) is 12.2 Å². The van der Waals surface area contributed by atoms with Crippen molar-refractivity contribution in [1.82, 2.24) is 14.4 Å². The summed E-state index contributed by atoms with van der Waals surface area (Å²) in [4.78, 5) is 34.1. The van der Waals surface area contributed by atoms with Crippen LogP contribution in [0.2, 0.25) is 0 Å². The van der Waals surface area contributed by atoms with Crippen molar-refractivity contribution in [3.8, 4) is 0 Å². The van der Waals surface area contributed by atoms with Crippen molar-refractivity contribution in [1.29, 1.82) is 0 Å². The Kier molecular flexibility index (Phi) is 6.33. The largest absolute Gasteiger partial charge is 0.368 e. The van der Waals surface area contributed by atoms with E-state index in [1.807, 2.05) is 31.3 Å². The summed E-state index contributed by atoms with van der Waals surface area (Å²) in [6.45, 7) is 6.85. The molecule has 174 valence electrons. The normalized spacial score (nSPS) is 21.8. The van der Waals surface area contributed by atoms with Crippen LogP contribution in [0.5, 0.6) is 0 Å². The molecule has 0 radical (unpaired) electrons. The van der Waals surface area contributed by atoms with Crippen LogP contribution in [0.1, 0.15) is 38.2 Å². The van der Waals surface area contributed by atoms with Gasteiger partial charge in [0.25, 0.3) is 11.5 Å². The van der Waals surface area contributed by atoms with Crippen molar-refractivity contribution >= 4 is 56.9 Å². The van der Waals surface area contributed by atoms with Crippen molar-refractivity contribution in [2.45, 2.75) is 38.6 Å². The number of carbonyl (C=O) groups excluding carboxylic acids is 1. The van der Waals surface area contributed by atoms with Crippen LogP contribution in [0, 0.1) is 0 Å². The van der Waals surface area contributed by atoms with E-state index in [2.05, 4.69) is 22.8 Å². The van der Waals surface area contributed by atoms with Crippen molar-refractivity contribution in [3.63, 3.8) is 0 Å². The number of nitrogens with zero attached hydrogens (tertiary/aromatic N) is 4. The molecule has 6 nitrogen and oxygen atoms in total. The third-order valence-electron chi connectivity index (χ3n) is 7.24. The lowest BCUT2D eigenvalue weighted by Crippen LogP contribution is -2.47. The maximum Gasteiger partial charge on any atom is 0.266 e. The molecule has 2 aliphatic heterocycles. The predicted octanol–water partition coefficient (Wildman–Crippen LogP) is 3.82. The second-order valence-corrected chi connectivity index (χ2v) is 10.7. The summed E-state index contributed by atoms with van der Waals surface area (Å²) >= 11 is 6.93. The van der Waals surface area contributed by atoms with Crippen LogP contribution in [0.25, 0.3) is 17.0 Å². The maximum absolute atomic E-state index is 13.6. The minimum Gasteiger partial charge on any atom is -0.368 e. The highest BCUT2D eigenvalue weighted by Gasteiger charge is 2.38. The molecule has 1 saturated carbocycles. The van der Waals surface area contributed by atoms with Gasteiger partial charge in [-0.05, 0) is 31.5 Å². The SMILES string of the molecule is CCN1CCN(c2c(C=C3SC(=S)N(C4CCCC4)C3=O)c(=O)n(C)c3ccccc23)CC1. The summed E-state index contributed by atoms with van der Waals surface area (Å²) in [5, 5.41) is 1.04. The summed E-state index contributed by atoms with van der Waals surface area (Å²) in [6, 6.07) is 8.25. The van der Waals surface area contributed by atoms with Gasteiger partial charge in [-0.15, -0.1) is 0 Å². The topological polar surface area (TPSA) is 48.8 Å². The first-order valence-electron chi connectivity index (χ1n) is 11.9. The van der Waals surface area contributed by atoms with Gasteiger partial charge in [0.15, 0.2) is 0 Å². The van der Waals surface area contributed by atoms with Gasteiger partial charge in [0.1, 0.15) is 4.32 Å². The Balaban J connectivity index is 1.62. The number of thiocarbonyl (C=S) groups is 1. The van der Waals surface area contributed by atoms with Crippen LogP contribution in [-0.2, 0) is 11.8 Å². The number of amides is 1. The number of likely N-dealkylation sites (N-methyl/N-ethyl adjacent to an activating group) is 1. The molecule has 2 aromatic rings. The van der Waals surface area contributed by atoms with E-state index in [0.29, 0.717) is 14.8 Å². The number of para-hydroxylation sites is 1. The number of anilines is 1. The number of hydrogen-bond acceptors (Lipinski definition) is 6. The van der Waals surface area contributed by atoms with Crippen LogP contribution in [0.15, 0.2) is 34.0 Å². The fourth-order valence-electron chi connectivity index (χ4n) is 5.35. The number of aryl methyl sites for hydroxylation is 1. The molecule has 3 aliphatic rings. The Labute approximate surface area is 204 Å². The lowest BCUT2D eigenvalue weighted by atomic mass is 10.1. The fourth-order valence-corrected chi connectivity index (χ4v) is 6.73. The molecule has 0 N–H and O–H groups in total. The highest BCUT2D eigenvalue weighted by atomic mass is 32.2. The third kappa shape index (κ3) is 4.02. The number of fused-ring (bicyclic) bond motifs is 1. The van der Waals surface area contributed by atoms with E-state index in [1.54, 1.807) is 9.47 Å². The Bertz CT molecular complexity index is 1190. The standard InChI is InChI=1S/C25H30N4O2S2/c1-3-27-12-14-28(15-13-27)22-18-10-6-7-11-20(18)26(2)23(30)19(22)16-21-24(31)29(25(32)33-21)17-8-4-5-9-17/h6-7,10-11,16-17H,3-5,8-9,12-15H2,1-2H3. The van der Waals surface area contributed by atoms with Crippen molar-refractivity contribution < 1.29 is 4.79 Å². The van der Waals surface area contributed by atoms with Crippen LogP contribution >= 0.6 is 24.0 Å². The third-order valence-corrected chi connectivity index (χ3v) is 8.57. The number of rotatable bonds is 4. The smallest absolute Gasteiger partial charge is 0.266 e. The Morgan fingerprint density at radius 1 is 1.09 bits per heavy atom. The van der Waals surface area contributed by atoms with E-state index in [0.717, 1.165) is 75.0 Å². The molecule has 2 saturated heterocycles. The van der Waals surface area contributed by atoms with Crippen molar-refractivity contribution in [3.05, 3.63) is 45.1 Å². The van der Waals surface area contributed by atoms with Crippen LogP contribution < -0.4 is 10.5 Å². The van der Waals surface area contributed by atoms with Gasteiger partial charge < -0.3 is 14.4 Å². The van der Waals surface area contributed by atoms with E-state index in [-0.39, 0.29) is 17.5 Å². The molecule has 1 aliphatic carbocycles. The molecule has 5 rings (SSSR count). The first-order valence-corrected chi connectivity index (χ1v) is 13.1. The molecule has 1 aromatic heterocycles. The summed E-state index contributed by atoms with van der Waals surface area (Å²) in [7, 11) is 1.81. The molecular weight excluding hydrogens is 452 g/mol. The number of aromatic nitrogens is 1. The zero-order chi connectivity index (χ0) is 23.1. The molecule has 0 unspecified atom stereocenters. The van der Waals surface area contributed by atoms with Gasteiger partial charge in [0.2, 0.25) is 0 Å². The van der Waals surface area contributed by atoms with Gasteiger partial charge in [-0.3, -0.25) is 14.5 Å². The van der Waals surface area contributed by atoms with Gasteiger partial charge >= 0.3 is 0 Å². The van der Waals surface area contributed by atoms with Crippen LogP contribution in [0.4, 0.5) is 5.69 Å². The molecule has 3 fully saturated rings. The molecule has 1 amide bonds. The minimum atomic E-state index is -0.0762. The number of benzene rings is 1. The van der Waals surface area contributed by atoms with E-state index >= 15 is 0 Å². The molecule has 1 aromatic carbocycles. The fraction of sp³-hybridized carbons (Fsp3) is 0.480. The lowest BCUT2D eigenvalue weighted by Gasteiger charge is -2.37. The summed E-state index contributed by atoms with van der Waals surface area (Å²) in [5.74, 6) is -0.0473. The van der Waals surface area contributed by atoms with Gasteiger partial charge in [-0.25, -0.2) is 0 Å². The van der Waals surface area contributed by atoms with Crippen LogP contribution in [-0.4, -0.2) is 63.4 Å². The Hall–Kier alpha value is -2.16. The average Bonchev–Trinajstić information content (AvgIpc) is 3.45. The highest BCUT2D eigenvalue weighted by molar-refractivity contribution is 8.26. The zero-order valence-electron chi connectivity index (χ0n) is 19.2. The van der Waals surface area contributed by atoms with Gasteiger partial charge in [0.05, 0.1) is 21.7 Å². The Morgan fingerprint density at radius 2 is 1.79 bits per heavy atom. The second-order valence-electron chi connectivity index (χ2n) is 9.05. The van der Waals surface area contributed by atoms with Gasteiger partial charge in [-0.1, -0.05) is 61.9 Å². The highest BCUT2D eigenvalue weighted by Crippen LogP contribution is 2.39. The van der Waals surface area contributed by atoms with Gasteiger partial charge in [0, 0.05) is 44.7 Å². The zero-order valence-corrected chi connectivity index (χ0v) is 20.9. The monoisotopic (exact) mass is 482 g/mol. The summed E-state index contributed by atoms with van der Waals surface area (Å²) in [6.07, 6.45) is 6.10. The molecule has 33 heavy (non-hydrogen) atoms. The van der Waals surface area contributed by atoms with Crippen LogP contribution in [0.3, 0.4) is 0 Å².